The minimum absolute atomic E-state index is 0.0158. The molecule has 172 valence electrons. The predicted octanol–water partition coefficient (Wildman–Crippen LogP) is 4.01. The van der Waals surface area contributed by atoms with Gasteiger partial charge in [-0.2, -0.15) is 0 Å². The summed E-state index contributed by atoms with van der Waals surface area (Å²) in [6.07, 6.45) is 7.90. The van der Waals surface area contributed by atoms with E-state index in [-0.39, 0.29) is 11.9 Å². The lowest BCUT2D eigenvalue weighted by molar-refractivity contribution is -0.125. The zero-order valence-corrected chi connectivity index (χ0v) is 19.5. The zero-order valence-electron chi connectivity index (χ0n) is 18.7. The van der Waals surface area contributed by atoms with Gasteiger partial charge in [0.05, 0.1) is 0 Å². The Morgan fingerprint density at radius 1 is 1.18 bits per heavy atom. The number of aromatic nitrogens is 3. The summed E-state index contributed by atoms with van der Waals surface area (Å²) in [6.45, 7) is 8.18. The van der Waals surface area contributed by atoms with Gasteiger partial charge in [-0.3, -0.25) is 9.69 Å². The molecule has 8 nitrogen and oxygen atoms in total. The lowest BCUT2D eigenvalue weighted by Gasteiger charge is -2.27. The van der Waals surface area contributed by atoms with Crippen molar-refractivity contribution in [3.8, 4) is 0 Å². The number of piperidine rings is 1. The van der Waals surface area contributed by atoms with Crippen LogP contribution < -0.4 is 10.6 Å². The molecule has 1 atom stereocenters. The van der Waals surface area contributed by atoms with Crippen LogP contribution >= 0.6 is 11.3 Å². The minimum atomic E-state index is -0.0158. The van der Waals surface area contributed by atoms with Crippen LogP contribution in [0.3, 0.4) is 0 Å². The average Bonchev–Trinajstić information content (AvgIpc) is 3.45. The van der Waals surface area contributed by atoms with Gasteiger partial charge in [-0.15, -0.1) is 0 Å². The van der Waals surface area contributed by atoms with Crippen molar-refractivity contribution in [3.63, 3.8) is 0 Å². The summed E-state index contributed by atoms with van der Waals surface area (Å²) in [7, 11) is 0. The minimum Gasteiger partial charge on any atom is -0.365 e. The van der Waals surface area contributed by atoms with E-state index in [1.54, 1.807) is 6.20 Å². The van der Waals surface area contributed by atoms with Crippen molar-refractivity contribution >= 4 is 44.4 Å². The Hall–Kier alpha value is -3.04. The first kappa shape index (κ1) is 21.8. The Balaban J connectivity index is 1.36. The summed E-state index contributed by atoms with van der Waals surface area (Å²) in [5, 5.41) is 7.72. The Bertz CT molecular complexity index is 1110. The van der Waals surface area contributed by atoms with Gasteiger partial charge in [-0.25, -0.2) is 15.0 Å². The second-order valence-electron chi connectivity index (χ2n) is 8.67. The third kappa shape index (κ3) is 5.31. The normalized spacial score (nSPS) is 19.0. The Morgan fingerprint density at radius 2 is 2.03 bits per heavy atom. The van der Waals surface area contributed by atoms with Crippen molar-refractivity contribution in [2.45, 2.75) is 38.3 Å². The number of thiazole rings is 1. The van der Waals surface area contributed by atoms with Gasteiger partial charge >= 0.3 is 0 Å². The lowest BCUT2D eigenvalue weighted by atomic mass is 10.1. The molecule has 0 spiro atoms. The fourth-order valence-electron chi connectivity index (χ4n) is 4.54. The van der Waals surface area contributed by atoms with Crippen LogP contribution in [-0.2, 0) is 11.3 Å². The van der Waals surface area contributed by atoms with Gasteiger partial charge in [0, 0.05) is 31.9 Å². The van der Waals surface area contributed by atoms with Crippen molar-refractivity contribution in [2.24, 2.45) is 0 Å². The number of nitrogens with one attached hydrogen (secondary N) is 2. The number of hydrogen-bond acceptors (Lipinski definition) is 8. The average molecular weight is 464 g/mol. The molecule has 3 aromatic rings. The van der Waals surface area contributed by atoms with E-state index in [9.17, 15) is 4.79 Å². The molecule has 2 aliphatic rings. The van der Waals surface area contributed by atoms with Crippen molar-refractivity contribution in [2.75, 3.05) is 36.8 Å². The largest absolute Gasteiger partial charge is 0.365 e. The van der Waals surface area contributed by atoms with E-state index in [1.165, 1.54) is 42.2 Å². The first-order valence-corrected chi connectivity index (χ1v) is 12.4. The molecule has 3 aromatic heterocycles. The van der Waals surface area contributed by atoms with Crippen LogP contribution in [0.25, 0.3) is 10.3 Å². The first-order valence-electron chi connectivity index (χ1n) is 11.6. The van der Waals surface area contributed by atoms with Crippen LogP contribution in [0.1, 0.15) is 31.2 Å². The van der Waals surface area contributed by atoms with Crippen LogP contribution in [0.5, 0.6) is 0 Å². The quantitative estimate of drug-likeness (QED) is 0.512. The smallest absolute Gasteiger partial charge is 0.246 e. The van der Waals surface area contributed by atoms with Crippen molar-refractivity contribution in [1.82, 2.24) is 24.8 Å². The van der Waals surface area contributed by atoms with E-state index in [0.29, 0.717) is 6.54 Å². The second-order valence-corrected chi connectivity index (χ2v) is 9.65. The zero-order chi connectivity index (χ0) is 22.6. The third-order valence-corrected chi connectivity index (χ3v) is 7.06. The number of pyridine rings is 2. The topological polar surface area (TPSA) is 86.3 Å². The molecule has 5 heterocycles. The second kappa shape index (κ2) is 9.84. The Labute approximate surface area is 197 Å². The molecule has 0 saturated carbocycles. The van der Waals surface area contributed by atoms with E-state index in [1.807, 2.05) is 17.0 Å². The predicted molar refractivity (Wildman–Crippen MR) is 133 cm³/mol. The highest BCUT2D eigenvalue weighted by molar-refractivity contribution is 7.21. The summed E-state index contributed by atoms with van der Waals surface area (Å²) in [4.78, 5) is 31.1. The molecular formula is C24H29N7OS. The number of carbonyl (C=O) groups is 1. The molecule has 0 bridgehead atoms. The molecule has 33 heavy (non-hydrogen) atoms. The van der Waals surface area contributed by atoms with Gasteiger partial charge in [0.1, 0.15) is 22.0 Å². The number of fused-ring (bicyclic) bond motifs is 1. The monoisotopic (exact) mass is 463 g/mol. The molecule has 1 amide bonds. The standard InChI is InChI=1S/C24H29N7OS/c1-2-22(32)31-12-8-18(16-31)26-20-13-17(15-30-10-4-3-5-11-30)14-21(28-20)29-24-27-19-7-6-9-25-23(19)33-24/h2,6-7,9,13-14,18H,1,3-5,8,10-12,15-16H2,(H2,26,27,28,29)/t18-/m0/s1. The van der Waals surface area contributed by atoms with E-state index in [4.69, 9.17) is 4.98 Å². The number of likely N-dealkylation sites (tertiary alicyclic amines) is 2. The van der Waals surface area contributed by atoms with Gasteiger partial charge in [0.25, 0.3) is 0 Å². The number of hydrogen-bond donors (Lipinski definition) is 2. The molecule has 0 radical (unpaired) electrons. The number of nitrogens with zero attached hydrogens (tertiary/aromatic N) is 5. The summed E-state index contributed by atoms with van der Waals surface area (Å²) >= 11 is 1.52. The Kier molecular flexibility index (Phi) is 6.50. The highest BCUT2D eigenvalue weighted by Gasteiger charge is 2.25. The number of carbonyl (C=O) groups excluding carboxylic acids is 1. The molecule has 2 fully saturated rings. The molecule has 2 N–H and O–H groups in total. The van der Waals surface area contributed by atoms with Crippen LogP contribution in [0.15, 0.2) is 43.1 Å². The van der Waals surface area contributed by atoms with Gasteiger partial charge in [0.15, 0.2) is 5.13 Å². The van der Waals surface area contributed by atoms with E-state index >= 15 is 0 Å². The van der Waals surface area contributed by atoms with Crippen LogP contribution in [-0.4, -0.2) is 62.9 Å². The molecule has 0 unspecified atom stereocenters. The maximum Gasteiger partial charge on any atom is 0.246 e. The molecule has 9 heteroatoms. The summed E-state index contributed by atoms with van der Waals surface area (Å²) in [5.41, 5.74) is 2.10. The number of rotatable bonds is 7. The molecule has 2 aliphatic heterocycles. The van der Waals surface area contributed by atoms with Crippen LogP contribution in [0.4, 0.5) is 16.8 Å². The number of amides is 1. The Morgan fingerprint density at radius 3 is 2.85 bits per heavy atom. The van der Waals surface area contributed by atoms with Crippen molar-refractivity contribution in [3.05, 3.63) is 48.7 Å². The molecular weight excluding hydrogens is 434 g/mol. The van der Waals surface area contributed by atoms with Crippen molar-refractivity contribution < 1.29 is 4.79 Å². The summed E-state index contributed by atoms with van der Waals surface area (Å²) in [6, 6.07) is 8.28. The first-order chi connectivity index (χ1) is 16.2. The van der Waals surface area contributed by atoms with Gasteiger partial charge in [-0.05, 0) is 68.3 Å². The fourth-order valence-corrected chi connectivity index (χ4v) is 5.36. The van der Waals surface area contributed by atoms with Gasteiger partial charge in [-0.1, -0.05) is 24.3 Å². The summed E-state index contributed by atoms with van der Waals surface area (Å²) in [5.74, 6) is 1.57. The SMILES string of the molecule is C=CC(=O)N1CC[C@H](Nc2cc(CN3CCCCC3)cc(Nc3nc4cccnc4s3)n2)C1. The molecule has 0 aromatic carbocycles. The maximum absolute atomic E-state index is 12.0. The van der Waals surface area contributed by atoms with Crippen LogP contribution in [0.2, 0.25) is 0 Å². The van der Waals surface area contributed by atoms with E-state index in [0.717, 1.165) is 59.7 Å². The fraction of sp³-hybridized carbons (Fsp3) is 0.417. The highest BCUT2D eigenvalue weighted by Crippen LogP contribution is 2.28. The molecule has 2 saturated heterocycles. The number of anilines is 3. The highest BCUT2D eigenvalue weighted by atomic mass is 32.1. The lowest BCUT2D eigenvalue weighted by Crippen LogP contribution is -2.30. The molecule has 0 aliphatic carbocycles. The summed E-state index contributed by atoms with van der Waals surface area (Å²) < 4.78 is 0. The van der Waals surface area contributed by atoms with Gasteiger partial charge in [0.2, 0.25) is 5.91 Å². The van der Waals surface area contributed by atoms with Crippen LogP contribution in [0, 0.1) is 0 Å². The third-order valence-electron chi connectivity index (χ3n) is 6.17. The maximum atomic E-state index is 12.0. The van der Waals surface area contributed by atoms with Gasteiger partial charge < -0.3 is 15.5 Å². The van der Waals surface area contributed by atoms with E-state index in [2.05, 4.69) is 44.2 Å². The van der Waals surface area contributed by atoms with Crippen molar-refractivity contribution in [1.29, 1.82) is 0 Å². The van der Waals surface area contributed by atoms with E-state index < -0.39 is 0 Å². The molecule has 5 rings (SSSR count).